The number of para-hydroxylation sites is 8. The third-order valence-corrected chi connectivity index (χ3v) is 27.1. The Balaban J connectivity index is 0.725. The van der Waals surface area contributed by atoms with E-state index in [4.69, 9.17) is 49.8 Å². The van der Waals surface area contributed by atoms with E-state index in [0.717, 1.165) is 277 Å². The van der Waals surface area contributed by atoms with Crippen molar-refractivity contribution in [2.45, 2.75) is 25.7 Å². The smallest absolute Gasteiger partial charge is 0.0901 e. The van der Waals surface area contributed by atoms with E-state index in [1.165, 1.54) is 0 Å². The lowest BCUT2D eigenvalue weighted by Crippen LogP contribution is -2.02. The third-order valence-electron chi connectivity index (χ3n) is 27.1. The summed E-state index contributed by atoms with van der Waals surface area (Å²) in [6, 6.07) is 92.4. The molecule has 18 heteroatoms. The SMILES string of the molecule is c1cc2c3[nH]c(cc3c1)Cc1cc3cccc(c3[nH]1)-c1nc(cc3c4nc(cc13)-c1cc3c5nc(cc3c(n1)-c1cccc3cc([nH]c13)Cc1cc3cccc-4c3[nH]1)-c1cc3c4nc(cc3c(n1)-c1cccc3cc([nH]c13)Cc1cc3cccc-5c3[nH]1)-c1cc3cnccc3c(n1)-c1cccc3cc([nH]c13)Cc1cc3cccc-4c3[nH]1)-c1cc3cnccc3c-2n1. The van der Waals surface area contributed by atoms with Gasteiger partial charge in [-0.25, -0.2) is 39.9 Å². The van der Waals surface area contributed by atoms with Crippen LogP contribution < -0.4 is 0 Å². The Bertz CT molecular complexity index is 8940. The fraction of sp³-hybridized carbons (Fsp3) is 0.0370. The Morgan fingerprint density at radius 1 is 0.167 bits per heavy atom. The van der Waals surface area contributed by atoms with E-state index in [-0.39, 0.29) is 0 Å². The second kappa shape index (κ2) is 24.4. The number of rotatable bonds is 0. The largest absolute Gasteiger partial charge is 0.358 e. The Morgan fingerprint density at radius 2 is 0.341 bits per heavy atom. The highest BCUT2D eigenvalue weighted by molar-refractivity contribution is 6.18. The van der Waals surface area contributed by atoms with Crippen molar-refractivity contribution in [2.24, 2.45) is 0 Å². The second-order valence-corrected chi connectivity index (χ2v) is 34.5. The van der Waals surface area contributed by atoms with E-state index in [1.54, 1.807) is 0 Å². The van der Waals surface area contributed by atoms with Gasteiger partial charge >= 0.3 is 0 Å². The summed E-state index contributed by atoms with van der Waals surface area (Å²) in [4.78, 5) is 89.3. The van der Waals surface area contributed by atoms with Crippen LogP contribution in [-0.4, -0.2) is 89.7 Å². The molecule has 0 saturated heterocycles. The summed E-state index contributed by atoms with van der Waals surface area (Å²) in [7, 11) is 0. The van der Waals surface area contributed by atoms with Crippen LogP contribution >= 0.6 is 0 Å². The molecule has 0 atom stereocenters. The fourth-order valence-corrected chi connectivity index (χ4v) is 21.5. The molecular weight excluding hydrogens is 1550 g/mol. The van der Waals surface area contributed by atoms with Crippen LogP contribution in [0.4, 0.5) is 0 Å². The van der Waals surface area contributed by atoms with Gasteiger partial charge in [0.15, 0.2) is 0 Å². The van der Waals surface area contributed by atoms with Crippen LogP contribution in [0.25, 0.3) is 277 Å². The molecule has 0 unspecified atom stereocenters. The van der Waals surface area contributed by atoms with E-state index < -0.39 is 0 Å². The van der Waals surface area contributed by atoms with Crippen molar-refractivity contribution >= 4 is 141 Å². The standard InChI is InChI=1S/C108H62N18/c1-9-51-29-61-39-63-31-53-11-3-19-73(95(53)113-63)103-81-45-89-91-47-83-84(107(125-91)77-23-7-15-57-35-67(117-99(57)77)41-65-33-55-13-5-21-75(97(55)115-65)105(123-89)79(81)43-87(121-103)85-37-59-49-109-27-25-69(59)101(119-85)71(17-1)93(51)111-61)48-92-90-46-82-80(106(124-90)76-22-6-14-56-34-66(116-98(56)76)42-68-36-58-16-8-24-78(100(58)118-68)108(83)126-92)44-88-86-38-60-50-110-28-26-70(60)102(120-86)72-18-2-10-52-30-62(112-94(52)72)40-64-32-54-12-4-20-74(96(54)114-64)104(82)122-88/h1-38,43-50,111-118H,39-42H2. The molecule has 8 N–H and O–H groups in total. The van der Waals surface area contributed by atoms with E-state index in [2.05, 4.69) is 295 Å². The molecule has 0 amide bonds. The summed E-state index contributed by atoms with van der Waals surface area (Å²) < 4.78 is 0. The molecule has 18 aromatic heterocycles. The van der Waals surface area contributed by atoms with Crippen LogP contribution in [0.1, 0.15) is 45.6 Å². The highest BCUT2D eigenvalue weighted by Gasteiger charge is 2.31. The van der Waals surface area contributed by atoms with Crippen LogP contribution in [0, 0.1) is 0 Å². The predicted octanol–water partition coefficient (Wildman–Crippen LogP) is 24.9. The number of aromatic nitrogens is 18. The van der Waals surface area contributed by atoms with Crippen molar-refractivity contribution in [1.82, 2.24) is 89.7 Å². The minimum atomic E-state index is 0.585. The lowest BCUT2D eigenvalue weighted by atomic mass is 9.93. The van der Waals surface area contributed by atoms with Crippen LogP contribution in [0.15, 0.2) is 280 Å². The van der Waals surface area contributed by atoms with E-state index >= 15 is 0 Å². The molecule has 32 bridgehead atoms. The molecular formula is C108H62N18. The summed E-state index contributed by atoms with van der Waals surface area (Å²) in [5.41, 5.74) is 35.3. The molecule has 0 fully saturated rings. The van der Waals surface area contributed by atoms with Gasteiger partial charge in [0.05, 0.1) is 135 Å². The Hall–Kier alpha value is -17.1. The van der Waals surface area contributed by atoms with Crippen molar-refractivity contribution in [3.8, 4) is 136 Å². The average molecular weight is 1610 g/mol. The highest BCUT2D eigenvalue weighted by atomic mass is 14.9. The number of aromatic amines is 8. The minimum absolute atomic E-state index is 0.585. The summed E-state index contributed by atoms with van der Waals surface area (Å²) in [5.74, 6) is 0. The first-order valence-electron chi connectivity index (χ1n) is 42.7. The normalized spacial score (nSPS) is 13.1. The zero-order valence-electron chi connectivity index (χ0n) is 66.9. The number of fused-ring (bicyclic) bond motifs is 49. The van der Waals surface area contributed by atoms with Crippen LogP contribution in [0.2, 0.25) is 0 Å². The topological polar surface area (TPSA) is 255 Å². The molecule has 0 aliphatic carbocycles. The fourth-order valence-electron chi connectivity index (χ4n) is 21.5. The maximum atomic E-state index is 6.18. The number of H-pyrrole nitrogens is 8. The first-order chi connectivity index (χ1) is 62.2. The molecule has 4 aliphatic rings. The van der Waals surface area contributed by atoms with Gasteiger partial charge in [0.25, 0.3) is 0 Å². The van der Waals surface area contributed by atoms with Crippen LogP contribution in [0.5, 0.6) is 0 Å². The second-order valence-electron chi connectivity index (χ2n) is 34.5. The van der Waals surface area contributed by atoms with Gasteiger partial charge in [-0.15, -0.1) is 0 Å². The lowest BCUT2D eigenvalue weighted by molar-refractivity contribution is 1.07. The molecule has 30 rings (SSSR count). The summed E-state index contributed by atoms with van der Waals surface area (Å²) in [6.45, 7) is 0. The molecule has 26 aromatic rings. The maximum Gasteiger partial charge on any atom is 0.0901 e. The monoisotopic (exact) mass is 1610 g/mol. The molecule has 584 valence electrons. The van der Waals surface area contributed by atoms with E-state index in [0.29, 0.717) is 71.2 Å². The van der Waals surface area contributed by atoms with Crippen molar-refractivity contribution in [3.63, 3.8) is 0 Å². The Morgan fingerprint density at radius 3 is 0.532 bits per heavy atom. The zero-order chi connectivity index (χ0) is 81.6. The molecule has 0 radical (unpaired) electrons. The maximum absolute atomic E-state index is 6.18. The number of benzene rings is 8. The van der Waals surface area contributed by atoms with Gasteiger partial charge in [-0.05, 0) is 109 Å². The van der Waals surface area contributed by atoms with Gasteiger partial charge in [0, 0.05) is 237 Å². The van der Waals surface area contributed by atoms with Gasteiger partial charge < -0.3 is 39.9 Å². The van der Waals surface area contributed by atoms with Gasteiger partial charge in [-0.1, -0.05) is 146 Å². The van der Waals surface area contributed by atoms with Crippen LogP contribution in [-0.2, 0) is 25.7 Å². The summed E-state index contributed by atoms with van der Waals surface area (Å²) >= 11 is 0. The first-order valence-corrected chi connectivity index (χ1v) is 42.7. The molecule has 0 saturated carbocycles. The third kappa shape index (κ3) is 9.62. The van der Waals surface area contributed by atoms with Crippen molar-refractivity contribution in [1.29, 1.82) is 0 Å². The first kappa shape index (κ1) is 66.7. The lowest BCUT2D eigenvalue weighted by Gasteiger charge is -2.19. The highest BCUT2D eigenvalue weighted by Crippen LogP contribution is 2.51. The average Bonchev–Trinajstić information content (AvgIpc) is 1.10. The molecule has 126 heavy (non-hydrogen) atoms. The van der Waals surface area contributed by atoms with Crippen molar-refractivity contribution in [3.05, 3.63) is 325 Å². The Labute approximate surface area is 712 Å². The molecule has 18 nitrogen and oxygen atoms in total. The number of nitrogens with zero attached hydrogens (tertiary/aromatic N) is 10. The number of pyridine rings is 10. The molecule has 22 heterocycles. The Kier molecular flexibility index (Phi) is 12.9. The van der Waals surface area contributed by atoms with Gasteiger partial charge in [-0.2, -0.15) is 0 Å². The zero-order valence-corrected chi connectivity index (χ0v) is 66.9. The van der Waals surface area contributed by atoms with Crippen molar-refractivity contribution in [2.75, 3.05) is 0 Å². The predicted molar refractivity (Wildman–Crippen MR) is 503 cm³/mol. The summed E-state index contributed by atoms with van der Waals surface area (Å²) in [5, 5.41) is 17.7. The van der Waals surface area contributed by atoms with Crippen molar-refractivity contribution < 1.29 is 0 Å². The van der Waals surface area contributed by atoms with E-state index in [1.807, 2.05) is 24.8 Å². The minimum Gasteiger partial charge on any atom is -0.358 e. The van der Waals surface area contributed by atoms with Gasteiger partial charge in [-0.3, -0.25) is 9.97 Å². The van der Waals surface area contributed by atoms with Gasteiger partial charge in [0.2, 0.25) is 0 Å². The number of hydrogen-bond donors (Lipinski definition) is 8. The van der Waals surface area contributed by atoms with E-state index in [9.17, 15) is 0 Å². The molecule has 4 aliphatic heterocycles. The number of hydrogen-bond acceptors (Lipinski definition) is 10. The quantitative estimate of drug-likeness (QED) is 0.0712. The van der Waals surface area contributed by atoms with Crippen LogP contribution in [0.3, 0.4) is 0 Å². The number of nitrogens with one attached hydrogen (secondary N) is 8. The summed E-state index contributed by atoms with van der Waals surface area (Å²) in [6.07, 6.45) is 10.0. The van der Waals surface area contributed by atoms with Gasteiger partial charge in [0.1, 0.15) is 0 Å². The molecule has 8 aromatic carbocycles. The molecule has 0 spiro atoms.